The van der Waals surface area contributed by atoms with E-state index in [0.29, 0.717) is 29.4 Å². The SMILES string of the molecule is CC(=O)c1c[nH]c(C(=O)Nc2ccc(N3CCNC(=O)C3)c(Cl)c2)c1. The second kappa shape index (κ2) is 6.98. The largest absolute Gasteiger partial charge is 0.359 e. The Hall–Kier alpha value is -2.80. The summed E-state index contributed by atoms with van der Waals surface area (Å²) in [5, 5.41) is 5.93. The van der Waals surface area contributed by atoms with E-state index in [2.05, 4.69) is 15.6 Å². The van der Waals surface area contributed by atoms with E-state index in [4.69, 9.17) is 11.6 Å². The molecule has 3 rings (SSSR count). The summed E-state index contributed by atoms with van der Waals surface area (Å²) < 4.78 is 0. The van der Waals surface area contributed by atoms with E-state index in [1.165, 1.54) is 19.2 Å². The molecule has 0 bridgehead atoms. The molecule has 1 aromatic carbocycles. The predicted octanol–water partition coefficient (Wildman–Crippen LogP) is 2.06. The van der Waals surface area contributed by atoms with Crippen LogP contribution < -0.4 is 15.5 Å². The summed E-state index contributed by atoms with van der Waals surface area (Å²) in [7, 11) is 0. The highest BCUT2D eigenvalue weighted by Gasteiger charge is 2.19. The summed E-state index contributed by atoms with van der Waals surface area (Å²) in [4.78, 5) is 39.7. The predicted molar refractivity (Wildman–Crippen MR) is 95.4 cm³/mol. The summed E-state index contributed by atoms with van der Waals surface area (Å²) in [6, 6.07) is 6.63. The maximum absolute atomic E-state index is 12.2. The number of hydrogen-bond acceptors (Lipinski definition) is 4. The number of amides is 2. The number of ketones is 1. The average molecular weight is 361 g/mol. The quantitative estimate of drug-likeness (QED) is 0.727. The van der Waals surface area contributed by atoms with E-state index >= 15 is 0 Å². The van der Waals surface area contributed by atoms with Crippen LogP contribution in [0.2, 0.25) is 5.02 Å². The summed E-state index contributed by atoms with van der Waals surface area (Å²) >= 11 is 6.31. The van der Waals surface area contributed by atoms with Gasteiger partial charge in [-0.15, -0.1) is 0 Å². The molecule has 8 heteroatoms. The number of carbonyl (C=O) groups excluding carboxylic acids is 3. The lowest BCUT2D eigenvalue weighted by atomic mass is 10.2. The Labute approximate surface area is 149 Å². The van der Waals surface area contributed by atoms with E-state index in [1.54, 1.807) is 18.2 Å². The smallest absolute Gasteiger partial charge is 0.272 e. The van der Waals surface area contributed by atoms with Gasteiger partial charge in [-0.1, -0.05) is 11.6 Å². The van der Waals surface area contributed by atoms with Gasteiger partial charge in [0.1, 0.15) is 5.69 Å². The molecule has 0 unspecified atom stereocenters. The van der Waals surface area contributed by atoms with Gasteiger partial charge in [-0.05, 0) is 31.2 Å². The molecule has 0 saturated carbocycles. The molecule has 0 radical (unpaired) electrons. The molecule has 130 valence electrons. The van der Waals surface area contributed by atoms with E-state index in [9.17, 15) is 14.4 Å². The number of hydrogen-bond donors (Lipinski definition) is 3. The average Bonchev–Trinajstić information content (AvgIpc) is 3.05. The third-order valence-corrected chi connectivity index (χ3v) is 4.22. The monoisotopic (exact) mass is 360 g/mol. The zero-order chi connectivity index (χ0) is 18.0. The number of nitrogens with zero attached hydrogens (tertiary/aromatic N) is 1. The number of halogens is 1. The first-order chi connectivity index (χ1) is 11.9. The van der Waals surface area contributed by atoms with Crippen LogP contribution in [0.4, 0.5) is 11.4 Å². The van der Waals surface area contributed by atoms with Crippen molar-refractivity contribution in [3.63, 3.8) is 0 Å². The first-order valence-corrected chi connectivity index (χ1v) is 8.14. The number of aromatic nitrogens is 1. The van der Waals surface area contributed by atoms with Crippen LogP contribution in [-0.4, -0.2) is 42.2 Å². The minimum atomic E-state index is -0.367. The molecule has 1 aliphatic heterocycles. The minimum Gasteiger partial charge on any atom is -0.359 e. The zero-order valence-corrected chi connectivity index (χ0v) is 14.3. The van der Waals surface area contributed by atoms with E-state index in [1.807, 2.05) is 4.90 Å². The van der Waals surface area contributed by atoms with Crippen LogP contribution in [0.15, 0.2) is 30.5 Å². The molecule has 0 aliphatic carbocycles. The van der Waals surface area contributed by atoms with Gasteiger partial charge in [0.2, 0.25) is 5.91 Å². The third kappa shape index (κ3) is 3.83. The first kappa shape index (κ1) is 17.0. The van der Waals surface area contributed by atoms with Crippen molar-refractivity contribution in [1.82, 2.24) is 10.3 Å². The van der Waals surface area contributed by atoms with Crippen molar-refractivity contribution in [2.24, 2.45) is 0 Å². The van der Waals surface area contributed by atoms with Crippen LogP contribution in [0.25, 0.3) is 0 Å². The molecule has 1 aromatic heterocycles. The Morgan fingerprint density at radius 2 is 2.08 bits per heavy atom. The number of aromatic amines is 1. The van der Waals surface area contributed by atoms with Gasteiger partial charge in [0.25, 0.3) is 5.91 Å². The molecule has 2 aromatic rings. The Balaban J connectivity index is 1.72. The highest BCUT2D eigenvalue weighted by Crippen LogP contribution is 2.29. The second-order valence-corrected chi connectivity index (χ2v) is 6.16. The first-order valence-electron chi connectivity index (χ1n) is 7.76. The number of carbonyl (C=O) groups is 3. The van der Waals surface area contributed by atoms with Gasteiger partial charge in [0, 0.05) is 30.5 Å². The number of benzene rings is 1. The van der Waals surface area contributed by atoms with Gasteiger partial charge in [0.05, 0.1) is 17.3 Å². The number of piperazine rings is 1. The molecule has 0 spiro atoms. The number of rotatable bonds is 4. The molecule has 2 heterocycles. The standard InChI is InChI=1S/C17H17ClN4O3/c1-10(23)11-6-14(20-8-11)17(25)21-12-2-3-15(13(18)7-12)22-5-4-19-16(24)9-22/h2-3,6-8,20H,4-5,9H2,1H3,(H,19,24)(H,21,25). The van der Waals surface area contributed by atoms with Crippen LogP contribution in [0, 0.1) is 0 Å². The van der Waals surface area contributed by atoms with Crippen LogP contribution in [0.3, 0.4) is 0 Å². The topological polar surface area (TPSA) is 94.3 Å². The third-order valence-electron chi connectivity index (χ3n) is 3.92. The van der Waals surface area contributed by atoms with Crippen molar-refractivity contribution in [3.05, 3.63) is 46.7 Å². The lowest BCUT2D eigenvalue weighted by molar-refractivity contribution is -0.120. The van der Waals surface area contributed by atoms with Crippen molar-refractivity contribution in [1.29, 1.82) is 0 Å². The maximum Gasteiger partial charge on any atom is 0.272 e. The van der Waals surface area contributed by atoms with Crippen LogP contribution >= 0.6 is 11.6 Å². The number of anilines is 2. The maximum atomic E-state index is 12.2. The molecule has 1 fully saturated rings. The van der Waals surface area contributed by atoms with Crippen LogP contribution in [0.5, 0.6) is 0 Å². The molecule has 3 N–H and O–H groups in total. The van der Waals surface area contributed by atoms with Crippen molar-refractivity contribution >= 4 is 40.6 Å². The van der Waals surface area contributed by atoms with Crippen molar-refractivity contribution in [3.8, 4) is 0 Å². The number of Topliss-reactive ketones (excluding diaryl/α,β-unsaturated/α-hetero) is 1. The Bertz CT molecular complexity index is 846. The van der Waals surface area contributed by atoms with Gasteiger partial charge in [-0.25, -0.2) is 0 Å². The highest BCUT2D eigenvalue weighted by molar-refractivity contribution is 6.33. The highest BCUT2D eigenvalue weighted by atomic mass is 35.5. The lowest BCUT2D eigenvalue weighted by Crippen LogP contribution is -2.47. The second-order valence-electron chi connectivity index (χ2n) is 5.75. The summed E-state index contributed by atoms with van der Waals surface area (Å²) in [6.45, 7) is 2.93. The Morgan fingerprint density at radius 1 is 1.28 bits per heavy atom. The van der Waals surface area contributed by atoms with Crippen molar-refractivity contribution < 1.29 is 14.4 Å². The fourth-order valence-electron chi connectivity index (χ4n) is 2.61. The van der Waals surface area contributed by atoms with Crippen LogP contribution in [-0.2, 0) is 4.79 Å². The summed E-state index contributed by atoms with van der Waals surface area (Å²) in [6.07, 6.45) is 1.49. The molecule has 1 aliphatic rings. The van der Waals surface area contributed by atoms with Gasteiger partial charge < -0.3 is 20.5 Å². The Kier molecular flexibility index (Phi) is 4.76. The number of nitrogens with one attached hydrogen (secondary N) is 3. The molecule has 0 atom stereocenters. The van der Waals surface area contributed by atoms with E-state index < -0.39 is 0 Å². The fraction of sp³-hybridized carbons (Fsp3) is 0.235. The molecule has 1 saturated heterocycles. The van der Waals surface area contributed by atoms with Gasteiger partial charge in [-0.2, -0.15) is 0 Å². The fourth-order valence-corrected chi connectivity index (χ4v) is 2.91. The minimum absolute atomic E-state index is 0.0484. The molecule has 2 amide bonds. The Morgan fingerprint density at radius 3 is 2.72 bits per heavy atom. The van der Waals surface area contributed by atoms with E-state index in [-0.39, 0.29) is 29.8 Å². The zero-order valence-electron chi connectivity index (χ0n) is 13.6. The van der Waals surface area contributed by atoms with Gasteiger partial charge >= 0.3 is 0 Å². The normalized spacial score (nSPS) is 14.2. The number of H-pyrrole nitrogens is 1. The summed E-state index contributed by atoms with van der Waals surface area (Å²) in [5.41, 5.74) is 2.01. The van der Waals surface area contributed by atoms with E-state index in [0.717, 1.165) is 5.69 Å². The molecular formula is C17H17ClN4O3. The van der Waals surface area contributed by atoms with Crippen molar-refractivity contribution in [2.75, 3.05) is 29.9 Å². The molecular weight excluding hydrogens is 344 g/mol. The molecule has 25 heavy (non-hydrogen) atoms. The van der Waals surface area contributed by atoms with Gasteiger partial charge in [0.15, 0.2) is 5.78 Å². The molecule has 7 nitrogen and oxygen atoms in total. The van der Waals surface area contributed by atoms with Crippen molar-refractivity contribution in [2.45, 2.75) is 6.92 Å². The lowest BCUT2D eigenvalue weighted by Gasteiger charge is -2.29. The van der Waals surface area contributed by atoms with Gasteiger partial charge in [-0.3, -0.25) is 14.4 Å². The summed E-state index contributed by atoms with van der Waals surface area (Å²) in [5.74, 6) is -0.533. The van der Waals surface area contributed by atoms with Crippen LogP contribution in [0.1, 0.15) is 27.8 Å².